The van der Waals surface area contributed by atoms with Crippen molar-refractivity contribution in [3.8, 4) is 22.8 Å². The van der Waals surface area contributed by atoms with Crippen LogP contribution < -0.4 is 0 Å². The molecule has 0 radical (unpaired) electrons. The summed E-state index contributed by atoms with van der Waals surface area (Å²) >= 11 is 0. The van der Waals surface area contributed by atoms with E-state index in [1.54, 1.807) is 18.2 Å². The lowest BCUT2D eigenvalue weighted by atomic mass is 9.99. The fourth-order valence-electron chi connectivity index (χ4n) is 4.14. The van der Waals surface area contributed by atoms with Crippen molar-refractivity contribution in [1.82, 2.24) is 20.1 Å². The average Bonchev–Trinajstić information content (AvgIpc) is 3.32. The number of hydrogen-bond donors (Lipinski definition) is 1. The summed E-state index contributed by atoms with van der Waals surface area (Å²) in [6.45, 7) is 1.86. The van der Waals surface area contributed by atoms with Gasteiger partial charge in [0.05, 0.1) is 12.1 Å². The number of carbonyl (C=O) groups excluding carboxylic acids is 1. The van der Waals surface area contributed by atoms with E-state index >= 15 is 0 Å². The van der Waals surface area contributed by atoms with E-state index in [-0.39, 0.29) is 35.7 Å². The molecule has 2 aromatic carbocycles. The summed E-state index contributed by atoms with van der Waals surface area (Å²) in [5, 5.41) is 4.28. The third-order valence-corrected chi connectivity index (χ3v) is 6.38. The van der Waals surface area contributed by atoms with Crippen molar-refractivity contribution in [3.63, 3.8) is 0 Å². The SMILES string of the molecule is Cc1ccc(-c2noc([C@H]3C[C@@H]3F)n2)cc1CC(=O)c1cnc(-c2ccc3[nH]c(C(F)(F)F)cc3c2)o1. The molecule has 0 amide bonds. The summed E-state index contributed by atoms with van der Waals surface area (Å²) in [6.07, 6.45) is -3.75. The maximum Gasteiger partial charge on any atom is 0.431 e. The lowest BCUT2D eigenvalue weighted by molar-refractivity contribution is -0.140. The smallest absolute Gasteiger partial charge is 0.431 e. The number of H-pyrrole nitrogens is 1. The number of ketones is 1. The number of carbonyl (C=O) groups is 1. The Morgan fingerprint density at radius 1 is 1.14 bits per heavy atom. The molecule has 1 fully saturated rings. The second-order valence-corrected chi connectivity index (χ2v) is 9.07. The molecule has 6 rings (SSSR count). The Morgan fingerprint density at radius 3 is 2.68 bits per heavy atom. The molecular weight excluding hydrogens is 492 g/mol. The van der Waals surface area contributed by atoms with Crippen molar-refractivity contribution >= 4 is 16.7 Å². The molecular formula is C26H18F4N4O3. The molecule has 1 aliphatic rings. The fourth-order valence-corrected chi connectivity index (χ4v) is 4.14. The predicted octanol–water partition coefficient (Wildman–Crippen LogP) is 6.45. The van der Waals surface area contributed by atoms with E-state index in [4.69, 9.17) is 8.94 Å². The average molecular weight is 510 g/mol. The van der Waals surface area contributed by atoms with Crippen LogP contribution in [0.15, 0.2) is 57.6 Å². The van der Waals surface area contributed by atoms with Gasteiger partial charge in [0.2, 0.25) is 23.4 Å². The van der Waals surface area contributed by atoms with Crippen molar-refractivity contribution in [3.05, 3.63) is 77.1 Å². The minimum absolute atomic E-state index is 0.0139. The Bertz CT molecular complexity index is 1650. The van der Waals surface area contributed by atoms with Gasteiger partial charge in [-0.2, -0.15) is 18.2 Å². The minimum atomic E-state index is -4.49. The maximum absolute atomic E-state index is 13.3. The molecule has 5 aromatic rings. The van der Waals surface area contributed by atoms with Gasteiger partial charge in [-0.1, -0.05) is 17.3 Å². The Kier molecular flexibility index (Phi) is 5.25. The zero-order valence-electron chi connectivity index (χ0n) is 19.3. The number of nitrogens with one attached hydrogen (secondary N) is 1. The number of halogens is 4. The maximum atomic E-state index is 13.3. The van der Waals surface area contributed by atoms with Crippen LogP contribution in [0.25, 0.3) is 33.7 Å². The van der Waals surface area contributed by atoms with E-state index in [0.717, 1.165) is 17.2 Å². The van der Waals surface area contributed by atoms with Gasteiger partial charge in [-0.25, -0.2) is 9.37 Å². The minimum Gasteiger partial charge on any atom is -0.433 e. The van der Waals surface area contributed by atoms with Crippen LogP contribution in [0.5, 0.6) is 0 Å². The molecule has 0 saturated heterocycles. The van der Waals surface area contributed by atoms with E-state index in [1.807, 2.05) is 13.0 Å². The van der Waals surface area contributed by atoms with Crippen LogP contribution in [0.2, 0.25) is 0 Å². The summed E-state index contributed by atoms with van der Waals surface area (Å²) in [7, 11) is 0. The van der Waals surface area contributed by atoms with Gasteiger partial charge in [0.1, 0.15) is 11.9 Å². The highest BCUT2D eigenvalue weighted by atomic mass is 19.4. The van der Waals surface area contributed by atoms with Crippen LogP contribution >= 0.6 is 0 Å². The standard InChI is InChI=1S/C26H18F4N4O3/c1-12-2-3-13(23-33-25(37-34-23)17-10-18(17)27)6-15(12)8-20(35)21-11-31-24(36-21)14-4-5-19-16(7-14)9-22(32-19)26(28,29)30/h2-7,9,11,17-18,32H,8,10H2,1H3/t17-,18-/m0/s1. The second-order valence-electron chi connectivity index (χ2n) is 9.07. The highest BCUT2D eigenvalue weighted by Gasteiger charge is 2.43. The molecule has 0 aliphatic heterocycles. The fraction of sp³-hybridized carbons (Fsp3) is 0.231. The molecule has 0 bridgehead atoms. The van der Waals surface area contributed by atoms with Crippen molar-refractivity contribution in [1.29, 1.82) is 0 Å². The molecule has 0 spiro atoms. The highest BCUT2D eigenvalue weighted by molar-refractivity contribution is 5.95. The van der Waals surface area contributed by atoms with Crippen LogP contribution in [-0.4, -0.2) is 32.1 Å². The van der Waals surface area contributed by atoms with Gasteiger partial charge in [0.15, 0.2) is 5.76 Å². The van der Waals surface area contributed by atoms with Crippen molar-refractivity contribution < 1.29 is 31.3 Å². The zero-order chi connectivity index (χ0) is 25.9. The Labute approximate surface area is 206 Å². The lowest BCUT2D eigenvalue weighted by Gasteiger charge is -2.06. The molecule has 3 heterocycles. The second kappa shape index (κ2) is 8.39. The number of aromatic amines is 1. The third kappa shape index (κ3) is 4.41. The molecule has 2 atom stereocenters. The summed E-state index contributed by atoms with van der Waals surface area (Å²) < 4.78 is 63.1. The number of aromatic nitrogens is 4. The predicted molar refractivity (Wildman–Crippen MR) is 124 cm³/mol. The van der Waals surface area contributed by atoms with Crippen LogP contribution in [0.3, 0.4) is 0 Å². The molecule has 11 heteroatoms. The first-order valence-corrected chi connectivity index (χ1v) is 11.4. The summed E-state index contributed by atoms with van der Waals surface area (Å²) in [5.41, 5.74) is 2.13. The van der Waals surface area contributed by atoms with E-state index in [0.29, 0.717) is 34.3 Å². The number of benzene rings is 2. The quantitative estimate of drug-likeness (QED) is 0.208. The number of fused-ring (bicyclic) bond motifs is 1. The lowest BCUT2D eigenvalue weighted by Crippen LogP contribution is -2.04. The summed E-state index contributed by atoms with van der Waals surface area (Å²) in [6, 6.07) is 11.0. The Balaban J connectivity index is 1.21. The van der Waals surface area contributed by atoms with Gasteiger partial charge in [-0.3, -0.25) is 4.79 Å². The number of Topliss-reactive ketones (excluding diaryl/α,β-unsaturated/α-hetero) is 1. The monoisotopic (exact) mass is 510 g/mol. The highest BCUT2D eigenvalue weighted by Crippen LogP contribution is 2.43. The van der Waals surface area contributed by atoms with E-state index in [1.165, 1.54) is 18.3 Å². The van der Waals surface area contributed by atoms with Crippen molar-refractivity contribution in [2.24, 2.45) is 0 Å². The molecule has 188 valence electrons. The molecule has 7 nitrogen and oxygen atoms in total. The summed E-state index contributed by atoms with van der Waals surface area (Å²) in [5.74, 6) is 0.0534. The first-order chi connectivity index (χ1) is 17.7. The number of rotatable bonds is 6. The van der Waals surface area contributed by atoms with Gasteiger partial charge in [-0.15, -0.1) is 0 Å². The Hall–Kier alpha value is -4.28. The topological polar surface area (TPSA) is 97.8 Å². The van der Waals surface area contributed by atoms with Gasteiger partial charge in [0.25, 0.3) is 0 Å². The molecule has 0 unspecified atom stereocenters. The first kappa shape index (κ1) is 23.1. The van der Waals surface area contributed by atoms with Crippen LogP contribution in [-0.2, 0) is 12.6 Å². The number of nitrogens with zero attached hydrogens (tertiary/aromatic N) is 3. The molecule has 3 aromatic heterocycles. The van der Waals surface area contributed by atoms with E-state index in [9.17, 15) is 22.4 Å². The van der Waals surface area contributed by atoms with Crippen molar-refractivity contribution in [2.75, 3.05) is 0 Å². The normalized spacial score (nSPS) is 17.4. The number of oxazole rings is 1. The largest absolute Gasteiger partial charge is 0.433 e. The zero-order valence-corrected chi connectivity index (χ0v) is 19.3. The van der Waals surface area contributed by atoms with Gasteiger partial charge < -0.3 is 13.9 Å². The summed E-state index contributed by atoms with van der Waals surface area (Å²) in [4.78, 5) is 23.7. The number of aryl methyl sites for hydroxylation is 1. The number of alkyl halides is 4. The van der Waals surface area contributed by atoms with Crippen LogP contribution in [0, 0.1) is 6.92 Å². The number of hydrogen-bond acceptors (Lipinski definition) is 6. The van der Waals surface area contributed by atoms with E-state index in [2.05, 4.69) is 20.1 Å². The molecule has 37 heavy (non-hydrogen) atoms. The van der Waals surface area contributed by atoms with Crippen molar-refractivity contribution in [2.45, 2.75) is 38.0 Å². The van der Waals surface area contributed by atoms with E-state index < -0.39 is 18.0 Å². The Morgan fingerprint density at radius 2 is 1.92 bits per heavy atom. The molecule has 1 N–H and O–H groups in total. The van der Waals surface area contributed by atoms with Crippen LogP contribution in [0.4, 0.5) is 17.6 Å². The van der Waals surface area contributed by atoms with Gasteiger partial charge >= 0.3 is 6.18 Å². The van der Waals surface area contributed by atoms with Gasteiger partial charge in [0, 0.05) is 28.5 Å². The first-order valence-electron chi connectivity index (χ1n) is 11.4. The van der Waals surface area contributed by atoms with Gasteiger partial charge in [-0.05, 0) is 54.8 Å². The molecule has 1 aliphatic carbocycles. The third-order valence-electron chi connectivity index (χ3n) is 6.38. The van der Waals surface area contributed by atoms with Crippen LogP contribution in [0.1, 0.15) is 45.6 Å². The molecule has 1 saturated carbocycles.